The average Bonchev–Trinajstić information content (AvgIpc) is 3.46. The largest absolute Gasteiger partial charge is 0.438 e. The first-order valence-corrected chi connectivity index (χ1v) is 17.9. The third kappa shape index (κ3) is 7.87. The van der Waals surface area contributed by atoms with Crippen LogP contribution in [0.15, 0.2) is 108 Å². The summed E-state index contributed by atoms with van der Waals surface area (Å²) in [6.45, 7) is 6.17. The number of amides is 2. The van der Waals surface area contributed by atoms with Crippen LogP contribution in [0.5, 0.6) is 11.6 Å². The van der Waals surface area contributed by atoms with Gasteiger partial charge in [0, 0.05) is 57.8 Å². The molecule has 11 heteroatoms. The standard InChI is InChI=1S/C37H37N7O3S/c1-24(2)32-23-35(44(42-32)28-15-13-25(3)14-16-28)41-37(45)39-31-17-18-33(30-12-7-6-11-29(30)31)47-36-19-20-38-34(40-36)22-26-9-8-10-27(21-26)43-48(4,5)46/h6-21,23-24H,22H2,1-5H3,(H2,39,41,45). The van der Waals surface area contributed by atoms with Crippen molar-refractivity contribution in [3.05, 3.63) is 126 Å². The van der Waals surface area contributed by atoms with Crippen LogP contribution in [0.3, 0.4) is 0 Å². The highest BCUT2D eigenvalue weighted by molar-refractivity contribution is 7.92. The molecule has 2 aromatic heterocycles. The number of fused-ring (bicyclic) bond motifs is 1. The van der Waals surface area contributed by atoms with Crippen LogP contribution in [0.25, 0.3) is 16.5 Å². The zero-order chi connectivity index (χ0) is 33.8. The van der Waals surface area contributed by atoms with E-state index in [2.05, 4.69) is 38.8 Å². The van der Waals surface area contributed by atoms with Gasteiger partial charge in [-0.15, -0.1) is 0 Å². The third-order valence-electron chi connectivity index (χ3n) is 7.46. The second-order valence-electron chi connectivity index (χ2n) is 12.1. The van der Waals surface area contributed by atoms with E-state index in [1.807, 2.05) is 97.9 Å². The molecular weight excluding hydrogens is 623 g/mol. The molecule has 0 aliphatic carbocycles. The highest BCUT2D eigenvalue weighted by Gasteiger charge is 2.16. The minimum atomic E-state index is -2.27. The summed E-state index contributed by atoms with van der Waals surface area (Å²) in [5.74, 6) is 2.30. The normalized spacial score (nSPS) is 11.5. The summed E-state index contributed by atoms with van der Waals surface area (Å²) in [7, 11) is -2.27. The maximum Gasteiger partial charge on any atom is 0.324 e. The molecule has 0 bridgehead atoms. The third-order valence-corrected chi connectivity index (χ3v) is 8.12. The summed E-state index contributed by atoms with van der Waals surface area (Å²) >= 11 is 0. The number of nitrogens with zero attached hydrogens (tertiary/aromatic N) is 5. The van der Waals surface area contributed by atoms with Crippen LogP contribution in [0.1, 0.15) is 42.4 Å². The fourth-order valence-electron chi connectivity index (χ4n) is 5.19. The molecule has 0 saturated heterocycles. The Bertz CT molecular complexity index is 2230. The van der Waals surface area contributed by atoms with Gasteiger partial charge in [0.2, 0.25) is 5.88 Å². The highest BCUT2D eigenvalue weighted by Crippen LogP contribution is 2.34. The predicted octanol–water partition coefficient (Wildman–Crippen LogP) is 8.63. The number of ether oxygens (including phenoxy) is 1. The summed E-state index contributed by atoms with van der Waals surface area (Å²) in [5, 5.41) is 12.4. The number of carbonyl (C=O) groups excluding carboxylic acids is 1. The van der Waals surface area contributed by atoms with Gasteiger partial charge in [0.15, 0.2) is 0 Å². The fourth-order valence-corrected chi connectivity index (χ4v) is 5.81. The summed E-state index contributed by atoms with van der Waals surface area (Å²) in [6.07, 6.45) is 5.33. The lowest BCUT2D eigenvalue weighted by Crippen LogP contribution is -2.21. The van der Waals surface area contributed by atoms with Crippen LogP contribution in [-0.2, 0) is 16.1 Å². The quantitative estimate of drug-likeness (QED) is 0.160. The topological polar surface area (TPSA) is 123 Å². The lowest BCUT2D eigenvalue weighted by molar-refractivity contribution is 0.262. The van der Waals surface area contributed by atoms with Crippen molar-refractivity contribution in [2.45, 2.75) is 33.1 Å². The number of anilines is 2. The van der Waals surface area contributed by atoms with E-state index >= 15 is 0 Å². The minimum absolute atomic E-state index is 0.188. The summed E-state index contributed by atoms with van der Waals surface area (Å²) in [5.41, 5.74) is 5.09. The SMILES string of the molecule is Cc1ccc(-n2nc(C(C)C)cc2NC(=O)Nc2ccc(Oc3ccnc(Cc4cccc(N=S(C)(C)=O)c4)n3)c3ccccc23)cc1. The lowest BCUT2D eigenvalue weighted by Gasteiger charge is -2.14. The Kier molecular flexibility index (Phi) is 9.22. The Hall–Kier alpha value is -5.55. The molecule has 6 rings (SSSR count). The van der Waals surface area contributed by atoms with Crippen LogP contribution < -0.4 is 15.4 Å². The van der Waals surface area contributed by atoms with E-state index in [1.54, 1.807) is 29.5 Å². The maximum atomic E-state index is 13.4. The molecular formula is C37H37N7O3S. The van der Waals surface area contributed by atoms with Crippen molar-refractivity contribution < 1.29 is 13.7 Å². The van der Waals surface area contributed by atoms with Gasteiger partial charge >= 0.3 is 6.03 Å². The van der Waals surface area contributed by atoms with Gasteiger partial charge in [-0.05, 0) is 54.8 Å². The number of aryl methyl sites for hydroxylation is 1. The van der Waals surface area contributed by atoms with Crippen molar-refractivity contribution in [1.82, 2.24) is 19.7 Å². The molecule has 2 N–H and O–H groups in total. The van der Waals surface area contributed by atoms with E-state index in [0.29, 0.717) is 41.1 Å². The molecule has 0 radical (unpaired) electrons. The van der Waals surface area contributed by atoms with Crippen LogP contribution >= 0.6 is 0 Å². The molecule has 0 aliphatic rings. The van der Waals surface area contributed by atoms with Crippen molar-refractivity contribution in [3.8, 4) is 17.3 Å². The fraction of sp³-hybridized carbons (Fsp3) is 0.189. The number of benzene rings is 4. The molecule has 6 aromatic rings. The predicted molar refractivity (Wildman–Crippen MR) is 192 cm³/mol. The summed E-state index contributed by atoms with van der Waals surface area (Å²) < 4.78 is 24.5. The minimum Gasteiger partial charge on any atom is -0.438 e. The smallest absolute Gasteiger partial charge is 0.324 e. The first kappa shape index (κ1) is 32.4. The maximum absolute atomic E-state index is 13.4. The number of carbonyl (C=O) groups is 1. The number of rotatable bonds is 9. The monoisotopic (exact) mass is 659 g/mol. The Morgan fingerprint density at radius 3 is 2.44 bits per heavy atom. The molecule has 0 atom stereocenters. The molecule has 0 spiro atoms. The van der Waals surface area contributed by atoms with Gasteiger partial charge in [0.05, 0.1) is 22.8 Å². The van der Waals surface area contributed by atoms with E-state index < -0.39 is 15.8 Å². The van der Waals surface area contributed by atoms with Crippen molar-refractivity contribution in [1.29, 1.82) is 0 Å². The number of hydrogen-bond acceptors (Lipinski definition) is 7. The first-order chi connectivity index (χ1) is 23.0. The molecule has 2 amide bonds. The molecule has 0 saturated carbocycles. The first-order valence-electron chi connectivity index (χ1n) is 15.5. The van der Waals surface area contributed by atoms with Crippen molar-refractivity contribution in [2.75, 3.05) is 23.1 Å². The second kappa shape index (κ2) is 13.7. The van der Waals surface area contributed by atoms with E-state index in [4.69, 9.17) is 9.84 Å². The molecule has 0 fully saturated rings. The average molecular weight is 660 g/mol. The summed E-state index contributed by atoms with van der Waals surface area (Å²) in [6, 6.07) is 30.1. The van der Waals surface area contributed by atoms with Gasteiger partial charge in [-0.3, -0.25) is 5.32 Å². The molecule has 2 heterocycles. The van der Waals surface area contributed by atoms with Gasteiger partial charge in [0.25, 0.3) is 0 Å². The van der Waals surface area contributed by atoms with Crippen molar-refractivity contribution in [3.63, 3.8) is 0 Å². The van der Waals surface area contributed by atoms with Crippen LogP contribution in [0.2, 0.25) is 0 Å². The molecule has 244 valence electrons. The zero-order valence-electron chi connectivity index (χ0n) is 27.5. The summed E-state index contributed by atoms with van der Waals surface area (Å²) in [4.78, 5) is 22.4. The molecule has 0 aliphatic heterocycles. The van der Waals surface area contributed by atoms with E-state index in [-0.39, 0.29) is 5.92 Å². The Morgan fingerprint density at radius 1 is 0.917 bits per heavy atom. The van der Waals surface area contributed by atoms with Crippen molar-refractivity contribution in [2.24, 2.45) is 4.36 Å². The van der Waals surface area contributed by atoms with Crippen LogP contribution in [0, 0.1) is 6.92 Å². The van der Waals surface area contributed by atoms with E-state index in [0.717, 1.165) is 33.3 Å². The van der Waals surface area contributed by atoms with Gasteiger partial charge in [-0.25, -0.2) is 18.7 Å². The van der Waals surface area contributed by atoms with Crippen LogP contribution in [0.4, 0.5) is 22.0 Å². The molecule has 48 heavy (non-hydrogen) atoms. The molecule has 4 aromatic carbocycles. The molecule has 10 nitrogen and oxygen atoms in total. The van der Waals surface area contributed by atoms with Crippen LogP contribution in [-0.4, -0.2) is 42.5 Å². The number of nitrogens with one attached hydrogen (secondary N) is 2. The lowest BCUT2D eigenvalue weighted by atomic mass is 10.1. The molecule has 0 unspecified atom stereocenters. The van der Waals surface area contributed by atoms with Gasteiger partial charge in [-0.1, -0.05) is 67.9 Å². The van der Waals surface area contributed by atoms with Crippen molar-refractivity contribution >= 4 is 43.7 Å². The highest BCUT2D eigenvalue weighted by atomic mass is 32.2. The number of aromatic nitrogens is 4. The Labute approximate surface area is 280 Å². The van der Waals surface area contributed by atoms with E-state index in [9.17, 15) is 9.00 Å². The van der Waals surface area contributed by atoms with E-state index in [1.165, 1.54) is 0 Å². The Morgan fingerprint density at radius 2 is 1.69 bits per heavy atom. The van der Waals surface area contributed by atoms with Gasteiger partial charge < -0.3 is 10.1 Å². The number of hydrogen-bond donors (Lipinski definition) is 2. The number of urea groups is 1. The second-order valence-corrected chi connectivity index (χ2v) is 14.7. The zero-order valence-corrected chi connectivity index (χ0v) is 28.3. The Balaban J connectivity index is 1.21. The van der Waals surface area contributed by atoms with Gasteiger partial charge in [-0.2, -0.15) is 14.4 Å². The van der Waals surface area contributed by atoms with Gasteiger partial charge in [0.1, 0.15) is 17.4 Å².